The zero-order chi connectivity index (χ0) is 13.8. The summed E-state index contributed by atoms with van der Waals surface area (Å²) in [5.74, 6) is 0.00329. The van der Waals surface area contributed by atoms with Gasteiger partial charge >= 0.3 is 0 Å². The SMILES string of the molecule is Cc1ccc(C)c(CC(=O)N2CCOCC2C#N)c1. The Morgan fingerprint density at radius 1 is 1.53 bits per heavy atom. The van der Waals surface area contributed by atoms with Crippen LogP contribution in [0.5, 0.6) is 0 Å². The van der Waals surface area contributed by atoms with E-state index in [0.29, 0.717) is 26.2 Å². The number of morpholine rings is 1. The molecule has 1 heterocycles. The molecule has 0 saturated carbocycles. The summed E-state index contributed by atoms with van der Waals surface area (Å²) in [6.45, 7) is 5.34. The largest absolute Gasteiger partial charge is 0.376 e. The molecule has 1 fully saturated rings. The molecule has 0 aromatic heterocycles. The summed E-state index contributed by atoms with van der Waals surface area (Å²) in [5, 5.41) is 9.05. The second kappa shape index (κ2) is 5.85. The molecule has 0 radical (unpaired) electrons. The fourth-order valence-corrected chi connectivity index (χ4v) is 2.26. The van der Waals surface area contributed by atoms with Gasteiger partial charge in [-0.25, -0.2) is 0 Å². The topological polar surface area (TPSA) is 53.3 Å². The Morgan fingerprint density at radius 3 is 3.05 bits per heavy atom. The number of rotatable bonds is 2. The number of hydrogen-bond acceptors (Lipinski definition) is 3. The van der Waals surface area contributed by atoms with Crippen LogP contribution < -0.4 is 0 Å². The summed E-state index contributed by atoms with van der Waals surface area (Å²) in [6, 6.07) is 7.78. The molecule has 4 nitrogen and oxygen atoms in total. The van der Waals surface area contributed by atoms with Gasteiger partial charge in [0.1, 0.15) is 6.04 Å². The first kappa shape index (κ1) is 13.6. The molecule has 2 rings (SSSR count). The second-order valence-electron chi connectivity index (χ2n) is 4.91. The number of aryl methyl sites for hydroxylation is 2. The summed E-state index contributed by atoms with van der Waals surface area (Å²) >= 11 is 0. The first-order valence-electron chi connectivity index (χ1n) is 6.45. The Morgan fingerprint density at radius 2 is 2.32 bits per heavy atom. The number of amides is 1. The molecule has 1 aromatic carbocycles. The normalized spacial score (nSPS) is 19.0. The third kappa shape index (κ3) is 3.12. The monoisotopic (exact) mass is 258 g/mol. The molecule has 1 aliphatic rings. The lowest BCUT2D eigenvalue weighted by atomic mass is 10.0. The second-order valence-corrected chi connectivity index (χ2v) is 4.91. The minimum Gasteiger partial charge on any atom is -0.376 e. The summed E-state index contributed by atoms with van der Waals surface area (Å²) in [7, 11) is 0. The highest BCUT2D eigenvalue weighted by atomic mass is 16.5. The van der Waals surface area contributed by atoms with Gasteiger partial charge in [-0.1, -0.05) is 23.8 Å². The van der Waals surface area contributed by atoms with E-state index in [1.165, 1.54) is 0 Å². The lowest BCUT2D eigenvalue weighted by Gasteiger charge is -2.31. The summed E-state index contributed by atoms with van der Waals surface area (Å²) in [5.41, 5.74) is 3.29. The van der Waals surface area contributed by atoms with E-state index < -0.39 is 6.04 Å². The third-order valence-electron chi connectivity index (χ3n) is 3.44. The van der Waals surface area contributed by atoms with Gasteiger partial charge in [-0.2, -0.15) is 5.26 Å². The number of ether oxygens (including phenoxy) is 1. The molecule has 0 aliphatic carbocycles. The number of hydrogen-bond donors (Lipinski definition) is 0. The standard InChI is InChI=1S/C15H18N2O2/c1-11-3-4-12(2)13(7-11)8-15(18)17-5-6-19-10-14(17)9-16/h3-4,7,14H,5-6,8,10H2,1-2H3. The lowest BCUT2D eigenvalue weighted by Crippen LogP contribution is -2.48. The molecule has 4 heteroatoms. The Hall–Kier alpha value is -1.86. The number of benzene rings is 1. The van der Waals surface area contributed by atoms with Gasteiger partial charge in [0.15, 0.2) is 0 Å². The van der Waals surface area contributed by atoms with Crippen molar-refractivity contribution in [1.82, 2.24) is 4.90 Å². The lowest BCUT2D eigenvalue weighted by molar-refractivity contribution is -0.136. The fraction of sp³-hybridized carbons (Fsp3) is 0.467. The highest BCUT2D eigenvalue weighted by Crippen LogP contribution is 2.14. The molecule has 1 amide bonds. The van der Waals surface area contributed by atoms with Crippen LogP contribution in [0.25, 0.3) is 0 Å². The van der Waals surface area contributed by atoms with Crippen molar-refractivity contribution in [2.24, 2.45) is 0 Å². The zero-order valence-electron chi connectivity index (χ0n) is 11.3. The van der Waals surface area contributed by atoms with Crippen molar-refractivity contribution in [3.8, 4) is 6.07 Å². The highest BCUT2D eigenvalue weighted by Gasteiger charge is 2.27. The quantitative estimate of drug-likeness (QED) is 0.809. The van der Waals surface area contributed by atoms with Crippen LogP contribution in [0.4, 0.5) is 0 Å². The van der Waals surface area contributed by atoms with Crippen LogP contribution in [0.3, 0.4) is 0 Å². The molecule has 1 aliphatic heterocycles. The van der Waals surface area contributed by atoms with Crippen LogP contribution >= 0.6 is 0 Å². The van der Waals surface area contributed by atoms with Gasteiger partial charge in [0.2, 0.25) is 5.91 Å². The van der Waals surface area contributed by atoms with Gasteiger partial charge in [0.25, 0.3) is 0 Å². The van der Waals surface area contributed by atoms with E-state index in [-0.39, 0.29) is 5.91 Å². The van der Waals surface area contributed by atoms with Crippen LogP contribution in [0.15, 0.2) is 18.2 Å². The van der Waals surface area contributed by atoms with Crippen LogP contribution in [0.1, 0.15) is 16.7 Å². The molecule has 1 saturated heterocycles. The number of carbonyl (C=O) groups is 1. The van der Waals surface area contributed by atoms with Crippen molar-refractivity contribution in [2.75, 3.05) is 19.8 Å². The summed E-state index contributed by atoms with van der Waals surface area (Å²) < 4.78 is 5.23. The predicted octanol–water partition coefficient (Wildman–Crippen LogP) is 1.60. The number of nitriles is 1. The van der Waals surface area contributed by atoms with Crippen LogP contribution in [-0.2, 0) is 16.0 Å². The van der Waals surface area contributed by atoms with Crippen molar-refractivity contribution in [3.63, 3.8) is 0 Å². The molecular weight excluding hydrogens is 240 g/mol. The van der Waals surface area contributed by atoms with Crippen LogP contribution in [-0.4, -0.2) is 36.6 Å². The van der Waals surface area contributed by atoms with E-state index in [0.717, 1.165) is 16.7 Å². The highest BCUT2D eigenvalue weighted by molar-refractivity contribution is 5.80. The van der Waals surface area contributed by atoms with Gasteiger partial charge in [-0.15, -0.1) is 0 Å². The minimum atomic E-state index is -0.452. The van der Waals surface area contributed by atoms with E-state index in [1.807, 2.05) is 32.0 Å². The Kier molecular flexibility index (Phi) is 4.18. The predicted molar refractivity (Wildman–Crippen MR) is 71.6 cm³/mol. The van der Waals surface area contributed by atoms with Crippen LogP contribution in [0, 0.1) is 25.2 Å². The van der Waals surface area contributed by atoms with Crippen molar-refractivity contribution >= 4 is 5.91 Å². The van der Waals surface area contributed by atoms with Crippen molar-refractivity contribution in [2.45, 2.75) is 26.3 Å². The van der Waals surface area contributed by atoms with Gasteiger partial charge in [-0.05, 0) is 25.0 Å². The summed E-state index contributed by atoms with van der Waals surface area (Å²) in [4.78, 5) is 13.9. The van der Waals surface area contributed by atoms with E-state index in [9.17, 15) is 4.79 Å². The first-order valence-corrected chi connectivity index (χ1v) is 6.45. The van der Waals surface area contributed by atoms with Gasteiger partial charge in [0, 0.05) is 6.54 Å². The van der Waals surface area contributed by atoms with Gasteiger partial charge < -0.3 is 9.64 Å². The maximum absolute atomic E-state index is 12.3. The van der Waals surface area contributed by atoms with Gasteiger partial charge in [-0.3, -0.25) is 4.79 Å². The third-order valence-corrected chi connectivity index (χ3v) is 3.44. The first-order chi connectivity index (χ1) is 9.11. The zero-order valence-corrected chi connectivity index (χ0v) is 11.3. The molecular formula is C15H18N2O2. The Bertz CT molecular complexity index is 519. The molecule has 1 aromatic rings. The van der Waals surface area contributed by atoms with Crippen molar-refractivity contribution in [3.05, 3.63) is 34.9 Å². The smallest absolute Gasteiger partial charge is 0.228 e. The molecule has 1 unspecified atom stereocenters. The average molecular weight is 258 g/mol. The molecule has 0 N–H and O–H groups in total. The van der Waals surface area contributed by atoms with Crippen LogP contribution in [0.2, 0.25) is 0 Å². The average Bonchev–Trinajstić information content (AvgIpc) is 2.42. The summed E-state index contributed by atoms with van der Waals surface area (Å²) in [6.07, 6.45) is 0.353. The van der Waals surface area contributed by atoms with Gasteiger partial charge in [0.05, 0.1) is 25.7 Å². The van der Waals surface area contributed by atoms with Crippen molar-refractivity contribution in [1.29, 1.82) is 5.26 Å². The number of carbonyl (C=O) groups excluding carboxylic acids is 1. The maximum Gasteiger partial charge on any atom is 0.228 e. The number of nitrogens with zero attached hydrogens (tertiary/aromatic N) is 2. The fourth-order valence-electron chi connectivity index (χ4n) is 2.26. The molecule has 1 atom stereocenters. The van der Waals surface area contributed by atoms with Crippen molar-refractivity contribution < 1.29 is 9.53 Å². The molecule has 0 bridgehead atoms. The molecule has 100 valence electrons. The van der Waals surface area contributed by atoms with E-state index in [2.05, 4.69) is 6.07 Å². The Labute approximate surface area is 113 Å². The Balaban J connectivity index is 2.12. The minimum absolute atomic E-state index is 0.00329. The molecule has 0 spiro atoms. The maximum atomic E-state index is 12.3. The molecule has 19 heavy (non-hydrogen) atoms. The van der Waals surface area contributed by atoms with E-state index in [1.54, 1.807) is 4.90 Å². The van der Waals surface area contributed by atoms with E-state index in [4.69, 9.17) is 10.00 Å². The van der Waals surface area contributed by atoms with E-state index >= 15 is 0 Å².